The molecule has 0 N–H and O–H groups in total. The third-order valence-corrected chi connectivity index (χ3v) is 15.7. The molecular formula is C34H44Fe2P2+4. The number of rotatable bonds is 15. The Kier molecular flexibility index (Phi) is 18.3. The van der Waals surface area contributed by atoms with Gasteiger partial charge in [0.25, 0.3) is 0 Å². The maximum atomic E-state index is 2.42. The largest absolute Gasteiger partial charge is 2.00 e. The smallest absolute Gasteiger partial charge is 0.0988 e. The Labute approximate surface area is 263 Å². The molecule has 0 unspecified atom stereocenters. The summed E-state index contributed by atoms with van der Waals surface area (Å²) < 4.78 is 0. The third kappa shape index (κ3) is 9.20. The van der Waals surface area contributed by atoms with E-state index in [1.54, 1.807) is 23.7 Å². The Hall–Kier alpha value is 1.90. The van der Waals surface area contributed by atoms with E-state index < -0.39 is 0 Å². The van der Waals surface area contributed by atoms with E-state index in [4.69, 9.17) is 0 Å². The fourth-order valence-corrected chi connectivity index (χ4v) is 14.4. The van der Waals surface area contributed by atoms with Crippen LogP contribution in [0.3, 0.4) is 0 Å². The van der Waals surface area contributed by atoms with Crippen molar-refractivity contribution in [2.75, 3.05) is 12.3 Å². The summed E-state index contributed by atoms with van der Waals surface area (Å²) in [4.78, 5) is 0. The fraction of sp³-hybridized carbons (Fsp3) is 0.412. The first-order valence-corrected chi connectivity index (χ1v) is 17.4. The first-order valence-electron chi connectivity index (χ1n) is 14.1. The molecule has 0 aromatic carbocycles. The van der Waals surface area contributed by atoms with Gasteiger partial charge in [-0.15, -0.1) is 0 Å². The number of hydrogen-bond donors (Lipinski definition) is 0. The second kappa shape index (κ2) is 19.2. The molecular weight excluding hydrogens is 582 g/mol. The quantitative estimate of drug-likeness (QED) is 0.126. The summed E-state index contributed by atoms with van der Waals surface area (Å²) in [5.74, 6) is 6.29. The number of hydrogen-bond acceptors (Lipinski definition) is 0. The Balaban J connectivity index is 0.00000253. The van der Waals surface area contributed by atoms with Crippen LogP contribution < -0.4 is 0 Å². The van der Waals surface area contributed by atoms with Crippen LogP contribution in [0.5, 0.6) is 0 Å². The summed E-state index contributed by atoms with van der Waals surface area (Å²) in [7, 11) is -0.359. The first-order chi connectivity index (χ1) is 17.7. The molecule has 4 heteroatoms. The van der Waals surface area contributed by atoms with E-state index in [-0.39, 0.29) is 50.0 Å². The average molecular weight is 626 g/mol. The Morgan fingerprint density at radius 2 is 0.579 bits per heavy atom. The zero-order chi connectivity index (χ0) is 25.3. The molecule has 0 aliphatic heterocycles. The van der Waals surface area contributed by atoms with Gasteiger partial charge in [0, 0.05) is 0 Å². The topological polar surface area (TPSA) is 0 Å². The zero-order valence-corrected chi connectivity index (χ0v) is 27.4. The zero-order valence-electron chi connectivity index (χ0n) is 23.4. The molecule has 4 fully saturated rings. The van der Waals surface area contributed by atoms with Crippen LogP contribution >= 0.6 is 15.8 Å². The summed E-state index contributed by atoms with van der Waals surface area (Å²) in [5, 5.41) is 0. The van der Waals surface area contributed by atoms with E-state index in [2.05, 4.69) is 130 Å². The van der Waals surface area contributed by atoms with Crippen LogP contribution in [0.4, 0.5) is 0 Å². The van der Waals surface area contributed by atoms with Gasteiger partial charge in [0.1, 0.15) is 0 Å². The molecule has 4 aliphatic carbocycles. The third-order valence-electron chi connectivity index (χ3n) is 8.06. The van der Waals surface area contributed by atoms with Gasteiger partial charge in [0.05, 0.1) is 0 Å². The summed E-state index contributed by atoms with van der Waals surface area (Å²) in [5.41, 5.74) is 2.74. The maximum absolute atomic E-state index is 2.42. The summed E-state index contributed by atoms with van der Waals surface area (Å²) >= 11 is 0. The molecule has 0 saturated heterocycles. The summed E-state index contributed by atoms with van der Waals surface area (Å²) in [6.07, 6.45) is 44.8. The van der Waals surface area contributed by atoms with Crippen molar-refractivity contribution in [1.82, 2.24) is 0 Å². The van der Waals surface area contributed by atoms with Gasteiger partial charge in [-0.25, -0.2) is 0 Å². The van der Waals surface area contributed by atoms with Gasteiger partial charge in [-0.2, -0.15) is 0 Å². The SMILES string of the molecule is CC[C@@H]([C]1[CH][CH][CH][CH]1)P(CCP([C@@H](CC)[C]1[CH][CH][CH][CH]1)[C@@H](CC)[C]1[CH][CH][CH][CH]1)[C@@H](CC)[C]1[CH][CH][CH][CH]1.[Fe+2].[Fe+2]. The molecule has 4 rings (SSSR count). The standard InChI is InChI=1S/C34H44P2.2Fe/c1-5-31(27-17-9-10-18-27)35(32(6-2)28-19-11-12-20-28)25-26-36(33(7-3)29-21-13-14-22-29)34(8-4)30-23-15-16-24-30;;/h9-24,31-34H,5-8,25-26H2,1-4H3;;/q;2*+2/t31-,32-,33-,34-;;/m0../s1. The molecule has 20 radical (unpaired) electrons. The molecule has 0 heterocycles. The molecule has 0 aromatic rings. The summed E-state index contributed by atoms with van der Waals surface area (Å²) in [6.45, 7) is 9.69. The van der Waals surface area contributed by atoms with E-state index in [9.17, 15) is 0 Å². The van der Waals surface area contributed by atoms with Crippen LogP contribution in [-0.4, -0.2) is 35.0 Å². The van der Waals surface area contributed by atoms with Gasteiger partial charge in [0.15, 0.2) is 0 Å². The molecule has 202 valence electrons. The molecule has 0 spiro atoms. The van der Waals surface area contributed by atoms with Crippen molar-refractivity contribution in [2.24, 2.45) is 0 Å². The molecule has 0 aromatic heterocycles. The van der Waals surface area contributed by atoms with Crippen molar-refractivity contribution in [3.63, 3.8) is 0 Å². The normalized spacial score (nSPS) is 25.1. The molecule has 4 aliphatic rings. The van der Waals surface area contributed by atoms with Crippen molar-refractivity contribution < 1.29 is 34.1 Å². The van der Waals surface area contributed by atoms with Gasteiger partial charge in [-0.3, -0.25) is 0 Å². The second-order valence-corrected chi connectivity index (χ2v) is 15.5. The predicted molar refractivity (Wildman–Crippen MR) is 162 cm³/mol. The Morgan fingerprint density at radius 1 is 0.395 bits per heavy atom. The van der Waals surface area contributed by atoms with E-state index in [0.29, 0.717) is 22.6 Å². The maximum Gasteiger partial charge on any atom is 2.00 e. The van der Waals surface area contributed by atoms with Crippen LogP contribution in [0.1, 0.15) is 53.4 Å². The van der Waals surface area contributed by atoms with Gasteiger partial charge in [-0.1, -0.05) is 43.5 Å². The molecule has 0 bridgehead atoms. The minimum atomic E-state index is -0.180. The van der Waals surface area contributed by atoms with Crippen LogP contribution in [0.25, 0.3) is 0 Å². The molecule has 4 saturated carbocycles. The first kappa shape index (κ1) is 36.1. The van der Waals surface area contributed by atoms with Gasteiger partial charge in [-0.05, 0) is 187 Å². The second-order valence-electron chi connectivity index (χ2n) is 10.0. The van der Waals surface area contributed by atoms with Crippen LogP contribution in [0, 0.1) is 126 Å². The molecule has 0 nitrogen and oxygen atoms in total. The molecule has 38 heavy (non-hydrogen) atoms. The van der Waals surface area contributed by atoms with Crippen LogP contribution in [0.2, 0.25) is 0 Å². The predicted octanol–water partition coefficient (Wildman–Crippen LogP) is 8.68. The van der Waals surface area contributed by atoms with E-state index in [0.717, 1.165) is 0 Å². The van der Waals surface area contributed by atoms with Crippen molar-refractivity contribution in [2.45, 2.75) is 76.0 Å². The minimum absolute atomic E-state index is 0. The van der Waals surface area contributed by atoms with Crippen molar-refractivity contribution >= 4 is 15.8 Å². The molecule has 4 atom stereocenters. The Bertz CT molecular complexity index is 491. The van der Waals surface area contributed by atoms with Crippen molar-refractivity contribution in [3.05, 3.63) is 126 Å². The van der Waals surface area contributed by atoms with Gasteiger partial charge in [0.2, 0.25) is 0 Å². The van der Waals surface area contributed by atoms with Gasteiger partial charge < -0.3 is 0 Å². The van der Waals surface area contributed by atoms with Gasteiger partial charge >= 0.3 is 34.1 Å². The van der Waals surface area contributed by atoms with Crippen molar-refractivity contribution in [3.8, 4) is 0 Å². The minimum Gasteiger partial charge on any atom is -0.0988 e. The average Bonchev–Trinajstić information content (AvgIpc) is 3.72. The van der Waals surface area contributed by atoms with E-state index in [1.165, 1.54) is 38.0 Å². The molecule has 0 amide bonds. The van der Waals surface area contributed by atoms with Crippen molar-refractivity contribution in [1.29, 1.82) is 0 Å². The monoisotopic (exact) mass is 626 g/mol. The van der Waals surface area contributed by atoms with Crippen LogP contribution in [-0.2, 0) is 34.1 Å². The summed E-state index contributed by atoms with van der Waals surface area (Å²) in [6, 6.07) is 0. The Morgan fingerprint density at radius 3 is 0.737 bits per heavy atom. The fourth-order valence-electron chi connectivity index (χ4n) is 6.38. The van der Waals surface area contributed by atoms with E-state index in [1.807, 2.05) is 0 Å². The van der Waals surface area contributed by atoms with E-state index >= 15 is 0 Å². The van der Waals surface area contributed by atoms with Crippen LogP contribution in [0.15, 0.2) is 0 Å².